The number of anilines is 2. The summed E-state index contributed by atoms with van der Waals surface area (Å²) in [6, 6.07) is 7.13. The third kappa shape index (κ3) is 4.33. The number of carbonyl (C=O) groups excluding carboxylic acids is 1. The predicted octanol–water partition coefficient (Wildman–Crippen LogP) is 4.16. The van der Waals surface area contributed by atoms with E-state index in [1.54, 1.807) is 24.3 Å². The number of nitrogens with zero attached hydrogens (tertiary/aromatic N) is 1. The van der Waals surface area contributed by atoms with Gasteiger partial charge in [-0.3, -0.25) is 0 Å². The first-order valence-electron chi connectivity index (χ1n) is 8.32. The van der Waals surface area contributed by atoms with Crippen molar-refractivity contribution in [3.8, 4) is 0 Å². The van der Waals surface area contributed by atoms with Crippen molar-refractivity contribution in [2.24, 2.45) is 5.92 Å². The Kier molecular flexibility index (Phi) is 4.68. The zero-order chi connectivity index (χ0) is 16.3. The molecule has 0 radical (unpaired) electrons. The van der Waals surface area contributed by atoms with Crippen molar-refractivity contribution in [1.29, 1.82) is 0 Å². The van der Waals surface area contributed by atoms with Crippen LogP contribution in [0.15, 0.2) is 24.3 Å². The number of rotatable bonds is 4. The van der Waals surface area contributed by atoms with Gasteiger partial charge in [0.15, 0.2) is 0 Å². The van der Waals surface area contributed by atoms with Crippen LogP contribution in [0.3, 0.4) is 0 Å². The molecule has 1 atom stereocenters. The highest BCUT2D eigenvalue weighted by atomic mass is 19.3. The predicted molar refractivity (Wildman–Crippen MR) is 87.0 cm³/mol. The summed E-state index contributed by atoms with van der Waals surface area (Å²) in [6.07, 6.45) is 4.46. The van der Waals surface area contributed by atoms with Crippen molar-refractivity contribution < 1.29 is 13.6 Å². The van der Waals surface area contributed by atoms with Gasteiger partial charge in [0.05, 0.1) is 0 Å². The normalized spacial score (nSPS) is 23.0. The molecule has 0 aromatic heterocycles. The number of amides is 2. The van der Waals surface area contributed by atoms with Crippen LogP contribution in [0.1, 0.15) is 32.1 Å². The number of benzene rings is 1. The molecule has 6 heteroatoms. The summed E-state index contributed by atoms with van der Waals surface area (Å²) in [5, 5.41) is 5.91. The molecule has 0 spiro atoms. The quantitative estimate of drug-likeness (QED) is 0.874. The molecule has 4 nitrogen and oxygen atoms in total. The van der Waals surface area contributed by atoms with Gasteiger partial charge in [-0.15, -0.1) is 0 Å². The molecule has 1 saturated heterocycles. The van der Waals surface area contributed by atoms with Crippen molar-refractivity contribution in [3.63, 3.8) is 0 Å². The second-order valence-electron chi connectivity index (χ2n) is 6.45. The molecule has 3 rings (SSSR count). The lowest BCUT2D eigenvalue weighted by atomic mass is 10.2. The van der Waals surface area contributed by atoms with Gasteiger partial charge in [0.2, 0.25) is 0 Å². The van der Waals surface area contributed by atoms with Crippen LogP contribution < -0.4 is 10.6 Å². The Hall–Kier alpha value is -1.85. The van der Waals surface area contributed by atoms with Gasteiger partial charge < -0.3 is 15.5 Å². The van der Waals surface area contributed by atoms with E-state index in [2.05, 4.69) is 10.6 Å². The summed E-state index contributed by atoms with van der Waals surface area (Å²) >= 11 is 0. The minimum atomic E-state index is -2.49. The van der Waals surface area contributed by atoms with Gasteiger partial charge in [-0.1, -0.05) is 12.8 Å². The van der Waals surface area contributed by atoms with Gasteiger partial charge >= 0.3 is 6.03 Å². The zero-order valence-corrected chi connectivity index (χ0v) is 13.2. The summed E-state index contributed by atoms with van der Waals surface area (Å²) in [5.74, 6) is -3.04. The van der Waals surface area contributed by atoms with E-state index >= 15 is 0 Å². The number of likely N-dealkylation sites (tertiary alicyclic amines) is 1. The highest BCUT2D eigenvalue weighted by molar-refractivity contribution is 5.89. The van der Waals surface area contributed by atoms with Crippen LogP contribution >= 0.6 is 0 Å². The lowest BCUT2D eigenvalue weighted by Gasteiger charge is -2.20. The second-order valence-corrected chi connectivity index (χ2v) is 6.45. The molecule has 2 aliphatic rings. The van der Waals surface area contributed by atoms with E-state index in [0.717, 1.165) is 37.3 Å². The van der Waals surface area contributed by atoms with Crippen LogP contribution in [0.25, 0.3) is 0 Å². The standard InChI is InChI=1S/C17H23F2N3O/c18-17(19)11-13(17)12-20-14-5-7-15(8-6-14)21-16(23)22-9-3-1-2-4-10-22/h5-8,13,20H,1-4,9-12H2,(H,21,23)/t13-/m1/s1. The highest BCUT2D eigenvalue weighted by Crippen LogP contribution is 2.48. The summed E-state index contributed by atoms with van der Waals surface area (Å²) in [4.78, 5) is 14.1. The molecule has 0 bridgehead atoms. The Morgan fingerprint density at radius 3 is 2.22 bits per heavy atom. The van der Waals surface area contributed by atoms with Gasteiger partial charge in [0, 0.05) is 43.3 Å². The third-order valence-electron chi connectivity index (χ3n) is 4.54. The van der Waals surface area contributed by atoms with Crippen molar-refractivity contribution in [2.75, 3.05) is 30.3 Å². The van der Waals surface area contributed by atoms with Gasteiger partial charge in [0.25, 0.3) is 5.92 Å². The lowest BCUT2D eigenvalue weighted by Crippen LogP contribution is -2.35. The molecule has 23 heavy (non-hydrogen) atoms. The maximum absolute atomic E-state index is 12.8. The molecule has 2 N–H and O–H groups in total. The molecule has 126 valence electrons. The Morgan fingerprint density at radius 2 is 1.65 bits per heavy atom. The Balaban J connectivity index is 1.47. The van der Waals surface area contributed by atoms with E-state index in [1.165, 1.54) is 12.8 Å². The van der Waals surface area contributed by atoms with Crippen molar-refractivity contribution in [2.45, 2.75) is 38.0 Å². The number of hydrogen-bond acceptors (Lipinski definition) is 2. The van der Waals surface area contributed by atoms with E-state index in [1.807, 2.05) is 4.90 Å². The average molecular weight is 323 g/mol. The van der Waals surface area contributed by atoms with Crippen LogP contribution in [0.5, 0.6) is 0 Å². The number of carbonyl (C=O) groups is 1. The molecule has 1 aliphatic heterocycles. The number of urea groups is 1. The van der Waals surface area contributed by atoms with Crippen LogP contribution in [0.2, 0.25) is 0 Å². The molecule has 1 heterocycles. The molecule has 2 amide bonds. The Morgan fingerprint density at radius 1 is 1.09 bits per heavy atom. The minimum Gasteiger partial charge on any atom is -0.385 e. The first-order valence-corrected chi connectivity index (χ1v) is 8.32. The average Bonchev–Trinajstić information content (AvgIpc) is 3.23. The summed E-state index contributed by atoms with van der Waals surface area (Å²) in [5.41, 5.74) is 1.52. The maximum Gasteiger partial charge on any atom is 0.321 e. The molecule has 1 aliphatic carbocycles. The fourth-order valence-electron chi connectivity index (χ4n) is 2.88. The topological polar surface area (TPSA) is 44.4 Å². The zero-order valence-electron chi connectivity index (χ0n) is 13.2. The Labute approximate surface area is 135 Å². The van der Waals surface area contributed by atoms with Crippen LogP contribution in [-0.4, -0.2) is 36.5 Å². The highest BCUT2D eigenvalue weighted by Gasteiger charge is 2.56. The van der Waals surface area contributed by atoms with E-state index < -0.39 is 11.8 Å². The van der Waals surface area contributed by atoms with E-state index in [9.17, 15) is 13.6 Å². The van der Waals surface area contributed by atoms with Gasteiger partial charge in [-0.05, 0) is 37.1 Å². The van der Waals surface area contributed by atoms with Crippen molar-refractivity contribution >= 4 is 17.4 Å². The molecular formula is C17H23F2N3O. The molecule has 2 fully saturated rings. The van der Waals surface area contributed by atoms with Crippen molar-refractivity contribution in [3.05, 3.63) is 24.3 Å². The number of nitrogens with one attached hydrogen (secondary N) is 2. The number of alkyl halides is 2. The first-order chi connectivity index (χ1) is 11.0. The van der Waals surface area contributed by atoms with Crippen LogP contribution in [0, 0.1) is 5.92 Å². The maximum atomic E-state index is 12.8. The van der Waals surface area contributed by atoms with E-state index in [0.29, 0.717) is 0 Å². The van der Waals surface area contributed by atoms with Gasteiger partial charge in [-0.25, -0.2) is 13.6 Å². The molecule has 1 aromatic carbocycles. The fourth-order valence-corrected chi connectivity index (χ4v) is 2.88. The molecular weight excluding hydrogens is 300 g/mol. The molecule has 0 unspecified atom stereocenters. The SMILES string of the molecule is O=C(Nc1ccc(NC[C@H]2CC2(F)F)cc1)N1CCCCCC1. The van der Waals surface area contributed by atoms with E-state index in [4.69, 9.17) is 0 Å². The van der Waals surface area contributed by atoms with Crippen LogP contribution in [-0.2, 0) is 0 Å². The number of hydrogen-bond donors (Lipinski definition) is 2. The van der Waals surface area contributed by atoms with Crippen molar-refractivity contribution in [1.82, 2.24) is 4.90 Å². The molecule has 1 saturated carbocycles. The third-order valence-corrected chi connectivity index (χ3v) is 4.54. The van der Waals surface area contributed by atoms with Crippen LogP contribution in [0.4, 0.5) is 25.0 Å². The minimum absolute atomic E-state index is 0.0238. The first kappa shape index (κ1) is 16.0. The second kappa shape index (κ2) is 6.72. The van der Waals surface area contributed by atoms with Gasteiger partial charge in [-0.2, -0.15) is 0 Å². The number of halogens is 2. The summed E-state index contributed by atoms with van der Waals surface area (Å²) in [7, 11) is 0. The lowest BCUT2D eigenvalue weighted by molar-refractivity contribution is 0.101. The molecule has 1 aromatic rings. The summed E-state index contributed by atoms with van der Waals surface area (Å²) in [6.45, 7) is 1.90. The monoisotopic (exact) mass is 323 g/mol. The van der Waals surface area contributed by atoms with E-state index in [-0.39, 0.29) is 19.0 Å². The largest absolute Gasteiger partial charge is 0.385 e. The Bertz CT molecular complexity index is 539. The summed E-state index contributed by atoms with van der Waals surface area (Å²) < 4.78 is 25.6. The fraction of sp³-hybridized carbons (Fsp3) is 0.588. The smallest absolute Gasteiger partial charge is 0.321 e. The van der Waals surface area contributed by atoms with Gasteiger partial charge in [0.1, 0.15) is 0 Å².